The van der Waals surface area contributed by atoms with Crippen LogP contribution in [0.4, 0.5) is 5.69 Å². The van der Waals surface area contributed by atoms with Crippen LogP contribution in [-0.2, 0) is 4.79 Å². The van der Waals surface area contributed by atoms with Gasteiger partial charge < -0.3 is 15.8 Å². The lowest BCUT2D eigenvalue weighted by Crippen LogP contribution is -2.45. The molecule has 0 spiro atoms. The Kier molecular flexibility index (Phi) is 6.10. The lowest BCUT2D eigenvalue weighted by atomic mass is 10.1. The highest BCUT2D eigenvalue weighted by atomic mass is 16.6. The van der Waals surface area contributed by atoms with Gasteiger partial charge in [-0.25, -0.2) is 0 Å². The highest BCUT2D eigenvalue weighted by Crippen LogP contribution is 2.27. The topological polar surface area (TPSA) is 107 Å². The van der Waals surface area contributed by atoms with Crippen LogP contribution in [0.5, 0.6) is 5.75 Å². The largest absolute Gasteiger partial charge is 0.491 e. The molecule has 3 N–H and O–H groups in total. The quantitative estimate of drug-likeness (QED) is 0.557. The lowest BCUT2D eigenvalue weighted by molar-refractivity contribution is -0.385. The van der Waals surface area contributed by atoms with E-state index in [2.05, 4.69) is 5.32 Å². The van der Waals surface area contributed by atoms with Gasteiger partial charge >= 0.3 is 0 Å². The van der Waals surface area contributed by atoms with Crippen LogP contribution in [0.15, 0.2) is 12.1 Å². The predicted molar refractivity (Wildman–Crippen MR) is 79.3 cm³/mol. The van der Waals surface area contributed by atoms with Gasteiger partial charge in [-0.2, -0.15) is 0 Å². The van der Waals surface area contributed by atoms with Crippen molar-refractivity contribution in [1.82, 2.24) is 5.32 Å². The third kappa shape index (κ3) is 4.71. The van der Waals surface area contributed by atoms with Crippen molar-refractivity contribution in [2.45, 2.75) is 33.2 Å². The van der Waals surface area contributed by atoms with Crippen molar-refractivity contribution in [3.63, 3.8) is 0 Å². The Balaban J connectivity index is 2.81. The van der Waals surface area contributed by atoms with Crippen LogP contribution in [0, 0.1) is 24.0 Å². The molecule has 1 unspecified atom stereocenters. The van der Waals surface area contributed by atoms with Gasteiger partial charge in [-0.05, 0) is 38.4 Å². The highest BCUT2D eigenvalue weighted by molar-refractivity contribution is 5.80. The van der Waals surface area contributed by atoms with Gasteiger partial charge in [0, 0.05) is 11.6 Å². The molecular weight excluding hydrogens is 274 g/mol. The number of aryl methyl sites for hydroxylation is 2. The normalized spacial score (nSPS) is 12.0. The average molecular weight is 295 g/mol. The second-order valence-corrected chi connectivity index (χ2v) is 4.88. The molecule has 21 heavy (non-hydrogen) atoms. The zero-order valence-corrected chi connectivity index (χ0v) is 12.5. The van der Waals surface area contributed by atoms with Crippen LogP contribution in [0.3, 0.4) is 0 Å². The number of nitrogens with one attached hydrogen (secondary N) is 1. The van der Waals surface area contributed by atoms with Gasteiger partial charge in [-0.3, -0.25) is 14.9 Å². The second-order valence-electron chi connectivity index (χ2n) is 4.88. The van der Waals surface area contributed by atoms with E-state index in [1.165, 1.54) is 6.07 Å². The summed E-state index contributed by atoms with van der Waals surface area (Å²) < 4.78 is 5.59. The first-order valence-corrected chi connectivity index (χ1v) is 6.78. The highest BCUT2D eigenvalue weighted by Gasteiger charge is 2.18. The molecule has 0 saturated heterocycles. The smallest absolute Gasteiger partial charge is 0.272 e. The van der Waals surface area contributed by atoms with Crippen molar-refractivity contribution >= 4 is 11.6 Å². The van der Waals surface area contributed by atoms with Crippen LogP contribution < -0.4 is 15.8 Å². The maximum absolute atomic E-state index is 11.3. The van der Waals surface area contributed by atoms with Crippen LogP contribution in [-0.4, -0.2) is 30.0 Å². The Morgan fingerprint density at radius 2 is 2.10 bits per heavy atom. The number of nitrogens with zero attached hydrogens (tertiary/aromatic N) is 1. The van der Waals surface area contributed by atoms with Gasteiger partial charge in [0.25, 0.3) is 5.69 Å². The van der Waals surface area contributed by atoms with E-state index in [-0.39, 0.29) is 12.3 Å². The van der Waals surface area contributed by atoms with E-state index in [1.807, 2.05) is 6.92 Å². The standard InChI is InChI=1S/C14H21N3O4/c1-4-5-16-11(14(15)18)8-21-13-7-9(2)12(17(19)20)6-10(13)3/h6-7,11,16H,4-5,8H2,1-3H3,(H2,15,18). The zero-order chi connectivity index (χ0) is 16.0. The number of nitrogens with two attached hydrogens (primary N) is 1. The Morgan fingerprint density at radius 1 is 1.43 bits per heavy atom. The monoisotopic (exact) mass is 295 g/mol. The Hall–Kier alpha value is -2.15. The average Bonchev–Trinajstić information content (AvgIpc) is 2.41. The summed E-state index contributed by atoms with van der Waals surface area (Å²) in [6.45, 7) is 6.10. The summed E-state index contributed by atoms with van der Waals surface area (Å²) in [6, 6.07) is 2.48. The van der Waals surface area contributed by atoms with Crippen molar-refractivity contribution in [1.29, 1.82) is 0 Å². The summed E-state index contributed by atoms with van der Waals surface area (Å²) in [5.41, 5.74) is 6.51. The molecule has 0 radical (unpaired) electrons. The van der Waals surface area contributed by atoms with Crippen LogP contribution >= 0.6 is 0 Å². The fraction of sp³-hybridized carbons (Fsp3) is 0.500. The molecule has 0 aliphatic carbocycles. The van der Waals surface area contributed by atoms with Crippen molar-refractivity contribution in [2.24, 2.45) is 5.73 Å². The van der Waals surface area contributed by atoms with Gasteiger partial charge in [0.05, 0.1) is 4.92 Å². The number of hydrogen-bond acceptors (Lipinski definition) is 5. The van der Waals surface area contributed by atoms with Crippen molar-refractivity contribution in [2.75, 3.05) is 13.2 Å². The van der Waals surface area contributed by atoms with Gasteiger partial charge in [0.1, 0.15) is 18.4 Å². The second kappa shape index (κ2) is 7.58. The number of nitro groups is 1. The van der Waals surface area contributed by atoms with E-state index < -0.39 is 16.9 Å². The molecule has 7 heteroatoms. The van der Waals surface area contributed by atoms with E-state index >= 15 is 0 Å². The minimum absolute atomic E-state index is 0.0513. The maximum atomic E-state index is 11.3. The molecular formula is C14H21N3O4. The number of ether oxygens (including phenoxy) is 1. The van der Waals surface area contributed by atoms with Gasteiger partial charge in [0.2, 0.25) is 5.91 Å². The number of benzene rings is 1. The number of carbonyl (C=O) groups excluding carboxylic acids is 1. The summed E-state index contributed by atoms with van der Waals surface area (Å²) in [5, 5.41) is 13.8. The summed E-state index contributed by atoms with van der Waals surface area (Å²) in [4.78, 5) is 21.7. The van der Waals surface area contributed by atoms with Crippen molar-refractivity contribution in [3.8, 4) is 5.75 Å². The number of hydrogen-bond donors (Lipinski definition) is 2. The third-order valence-electron chi connectivity index (χ3n) is 3.08. The van der Waals surface area contributed by atoms with E-state index in [4.69, 9.17) is 10.5 Å². The molecule has 1 amide bonds. The molecule has 0 bridgehead atoms. The predicted octanol–water partition coefficient (Wildman–Crippen LogP) is 1.44. The number of nitro benzene ring substituents is 1. The van der Waals surface area contributed by atoms with Crippen LogP contribution in [0.25, 0.3) is 0 Å². The minimum atomic E-state index is -0.583. The summed E-state index contributed by atoms with van der Waals surface area (Å²) in [6.07, 6.45) is 0.874. The molecule has 1 aromatic rings. The van der Waals surface area contributed by atoms with Crippen molar-refractivity contribution in [3.05, 3.63) is 33.4 Å². The summed E-state index contributed by atoms with van der Waals surface area (Å²) in [5.74, 6) is 0.0300. The molecule has 0 fully saturated rings. The zero-order valence-electron chi connectivity index (χ0n) is 12.5. The fourth-order valence-corrected chi connectivity index (χ4v) is 1.86. The summed E-state index contributed by atoms with van der Waals surface area (Å²) >= 11 is 0. The first kappa shape index (κ1) is 16.9. The number of carbonyl (C=O) groups is 1. The number of primary amides is 1. The Labute approximate surface area is 123 Å². The van der Waals surface area contributed by atoms with Crippen LogP contribution in [0.1, 0.15) is 24.5 Å². The van der Waals surface area contributed by atoms with E-state index in [9.17, 15) is 14.9 Å². The van der Waals surface area contributed by atoms with Gasteiger partial charge in [-0.15, -0.1) is 0 Å². The van der Waals surface area contributed by atoms with E-state index in [0.29, 0.717) is 23.4 Å². The van der Waals surface area contributed by atoms with Gasteiger partial charge in [-0.1, -0.05) is 6.92 Å². The molecule has 0 heterocycles. The Morgan fingerprint density at radius 3 is 2.62 bits per heavy atom. The molecule has 1 rings (SSSR count). The SMILES string of the molecule is CCCNC(COc1cc(C)c([N+](=O)[O-])cc1C)C(N)=O. The molecule has 116 valence electrons. The maximum Gasteiger partial charge on any atom is 0.272 e. The summed E-state index contributed by atoms with van der Waals surface area (Å²) in [7, 11) is 0. The van der Waals surface area contributed by atoms with E-state index in [0.717, 1.165) is 6.42 Å². The Bertz CT molecular complexity index is 531. The number of rotatable bonds is 8. The van der Waals surface area contributed by atoms with Gasteiger partial charge in [0.15, 0.2) is 0 Å². The molecule has 7 nitrogen and oxygen atoms in total. The third-order valence-corrected chi connectivity index (χ3v) is 3.08. The fourth-order valence-electron chi connectivity index (χ4n) is 1.86. The number of amides is 1. The lowest BCUT2D eigenvalue weighted by Gasteiger charge is -2.17. The molecule has 0 saturated carbocycles. The van der Waals surface area contributed by atoms with E-state index in [1.54, 1.807) is 19.9 Å². The van der Waals surface area contributed by atoms with Crippen molar-refractivity contribution < 1.29 is 14.5 Å². The molecule has 1 atom stereocenters. The molecule has 0 aliphatic heterocycles. The minimum Gasteiger partial charge on any atom is -0.491 e. The molecule has 1 aromatic carbocycles. The first-order valence-electron chi connectivity index (χ1n) is 6.78. The first-order chi connectivity index (χ1) is 9.86. The molecule has 0 aliphatic rings. The molecule has 0 aromatic heterocycles. The van der Waals surface area contributed by atoms with Crippen LogP contribution in [0.2, 0.25) is 0 Å².